The van der Waals surface area contributed by atoms with E-state index in [4.69, 9.17) is 4.74 Å². The topological polar surface area (TPSA) is 80.3 Å². The van der Waals surface area contributed by atoms with E-state index in [2.05, 4.69) is 15.0 Å². The standard InChI is InChI=1S/C21H23N3O3S/c1-14-6-5-7-15(2)21(14)23-17-8-11-20(22-13-17)24-28(25,26)18-9-10-19(27-4)16(3)12-18/h5-13,23H,1-4H3,(H,22,24). The van der Waals surface area contributed by atoms with Crippen LogP contribution in [0.1, 0.15) is 16.7 Å². The predicted molar refractivity (Wildman–Crippen MR) is 112 cm³/mol. The van der Waals surface area contributed by atoms with E-state index in [1.807, 2.05) is 32.0 Å². The monoisotopic (exact) mass is 397 g/mol. The molecule has 3 rings (SSSR count). The molecule has 0 amide bonds. The van der Waals surface area contributed by atoms with Crippen LogP contribution in [0.4, 0.5) is 17.2 Å². The number of nitrogens with one attached hydrogen (secondary N) is 2. The molecule has 0 radical (unpaired) electrons. The zero-order chi connectivity index (χ0) is 20.3. The third-order valence-electron chi connectivity index (χ3n) is 4.43. The molecule has 2 N–H and O–H groups in total. The number of rotatable bonds is 6. The van der Waals surface area contributed by atoms with Crippen LogP contribution in [0, 0.1) is 20.8 Å². The quantitative estimate of drug-likeness (QED) is 0.637. The van der Waals surface area contributed by atoms with Gasteiger partial charge in [-0.25, -0.2) is 13.4 Å². The SMILES string of the molecule is COc1ccc(S(=O)(=O)Nc2ccc(Nc3c(C)cccc3C)cn2)cc1C. The highest BCUT2D eigenvalue weighted by Crippen LogP contribution is 2.25. The Morgan fingerprint density at radius 1 is 0.929 bits per heavy atom. The lowest BCUT2D eigenvalue weighted by Crippen LogP contribution is -2.14. The molecule has 146 valence electrons. The van der Waals surface area contributed by atoms with Gasteiger partial charge in [0.05, 0.1) is 23.9 Å². The van der Waals surface area contributed by atoms with E-state index >= 15 is 0 Å². The van der Waals surface area contributed by atoms with Crippen molar-refractivity contribution in [3.8, 4) is 5.75 Å². The minimum absolute atomic E-state index is 0.158. The molecule has 1 aromatic heterocycles. The molecule has 6 nitrogen and oxygen atoms in total. The van der Waals surface area contributed by atoms with Crippen molar-refractivity contribution in [2.75, 3.05) is 17.1 Å². The summed E-state index contributed by atoms with van der Waals surface area (Å²) in [6.07, 6.45) is 1.60. The van der Waals surface area contributed by atoms with Crippen molar-refractivity contribution in [2.45, 2.75) is 25.7 Å². The molecule has 7 heteroatoms. The van der Waals surface area contributed by atoms with Crippen LogP contribution in [0.3, 0.4) is 0 Å². The summed E-state index contributed by atoms with van der Waals surface area (Å²) in [7, 11) is -2.19. The molecule has 0 aliphatic rings. The summed E-state index contributed by atoms with van der Waals surface area (Å²) in [5.74, 6) is 0.888. The van der Waals surface area contributed by atoms with Crippen molar-refractivity contribution in [1.82, 2.24) is 4.98 Å². The molecule has 1 heterocycles. The summed E-state index contributed by atoms with van der Waals surface area (Å²) >= 11 is 0. The second-order valence-corrected chi connectivity index (χ2v) is 8.24. The summed E-state index contributed by atoms with van der Waals surface area (Å²) in [5.41, 5.74) is 4.79. The maximum Gasteiger partial charge on any atom is 0.263 e. The Balaban J connectivity index is 1.77. The summed E-state index contributed by atoms with van der Waals surface area (Å²) in [5, 5.41) is 3.33. The predicted octanol–water partition coefficient (Wildman–Crippen LogP) is 4.56. The Hall–Kier alpha value is -3.06. The molecule has 28 heavy (non-hydrogen) atoms. The van der Waals surface area contributed by atoms with Crippen LogP contribution in [0.2, 0.25) is 0 Å². The zero-order valence-electron chi connectivity index (χ0n) is 16.3. The highest BCUT2D eigenvalue weighted by molar-refractivity contribution is 7.92. The molecular weight excluding hydrogens is 374 g/mol. The fraction of sp³-hybridized carbons (Fsp3) is 0.190. The molecule has 0 spiro atoms. The van der Waals surface area contributed by atoms with E-state index in [9.17, 15) is 8.42 Å². The Morgan fingerprint density at radius 3 is 2.21 bits per heavy atom. The van der Waals surface area contributed by atoms with Gasteiger partial charge in [0.15, 0.2) is 0 Å². The van der Waals surface area contributed by atoms with E-state index in [0.717, 1.165) is 28.1 Å². The molecule has 3 aromatic rings. The number of hydrogen-bond donors (Lipinski definition) is 2. The van der Waals surface area contributed by atoms with Gasteiger partial charge in [0.1, 0.15) is 11.6 Å². The van der Waals surface area contributed by atoms with Crippen molar-refractivity contribution < 1.29 is 13.2 Å². The van der Waals surface area contributed by atoms with Gasteiger partial charge in [-0.1, -0.05) is 18.2 Å². The number of sulfonamides is 1. The molecule has 0 aliphatic carbocycles. The molecule has 0 saturated heterocycles. The first kappa shape index (κ1) is 19.7. The summed E-state index contributed by atoms with van der Waals surface area (Å²) < 4.78 is 32.9. The number of benzene rings is 2. The minimum atomic E-state index is -3.73. The number of hydrogen-bond acceptors (Lipinski definition) is 5. The number of aryl methyl sites for hydroxylation is 3. The highest BCUT2D eigenvalue weighted by atomic mass is 32.2. The van der Waals surface area contributed by atoms with Gasteiger partial charge < -0.3 is 10.1 Å². The number of pyridine rings is 1. The first-order valence-corrected chi connectivity index (χ1v) is 10.3. The summed E-state index contributed by atoms with van der Waals surface area (Å²) in [6, 6.07) is 14.2. The third kappa shape index (κ3) is 4.26. The summed E-state index contributed by atoms with van der Waals surface area (Å²) in [6.45, 7) is 5.86. The lowest BCUT2D eigenvalue weighted by molar-refractivity contribution is 0.411. The number of anilines is 3. The molecular formula is C21H23N3O3S. The van der Waals surface area contributed by atoms with Gasteiger partial charge in [0, 0.05) is 5.69 Å². The highest BCUT2D eigenvalue weighted by Gasteiger charge is 2.16. The van der Waals surface area contributed by atoms with Gasteiger partial charge in [-0.2, -0.15) is 0 Å². The largest absolute Gasteiger partial charge is 0.496 e. The van der Waals surface area contributed by atoms with Gasteiger partial charge in [-0.05, 0) is 67.8 Å². The second kappa shape index (κ2) is 7.90. The second-order valence-electron chi connectivity index (χ2n) is 6.56. The molecule has 0 unspecified atom stereocenters. The fourth-order valence-electron chi connectivity index (χ4n) is 2.90. The molecule has 0 fully saturated rings. The average Bonchev–Trinajstić information content (AvgIpc) is 2.66. The van der Waals surface area contributed by atoms with Crippen LogP contribution in [0.15, 0.2) is 59.6 Å². The molecule has 0 atom stereocenters. The maximum absolute atomic E-state index is 12.6. The Bertz CT molecular complexity index is 1070. The van der Waals surface area contributed by atoms with Crippen molar-refractivity contribution in [3.63, 3.8) is 0 Å². The van der Waals surface area contributed by atoms with Crippen LogP contribution in [0.5, 0.6) is 5.75 Å². The van der Waals surface area contributed by atoms with Gasteiger partial charge in [-0.15, -0.1) is 0 Å². The van der Waals surface area contributed by atoms with Crippen molar-refractivity contribution in [3.05, 3.63) is 71.4 Å². The van der Waals surface area contributed by atoms with E-state index in [0.29, 0.717) is 5.75 Å². The van der Waals surface area contributed by atoms with Gasteiger partial charge >= 0.3 is 0 Å². The van der Waals surface area contributed by atoms with Crippen molar-refractivity contribution in [2.24, 2.45) is 0 Å². The zero-order valence-corrected chi connectivity index (χ0v) is 17.1. The first-order chi connectivity index (χ1) is 13.3. The lowest BCUT2D eigenvalue weighted by Gasteiger charge is -2.13. The maximum atomic E-state index is 12.6. The number of methoxy groups -OCH3 is 1. The van der Waals surface area contributed by atoms with E-state index in [1.165, 1.54) is 6.07 Å². The number of nitrogens with zero attached hydrogens (tertiary/aromatic N) is 1. The van der Waals surface area contributed by atoms with Gasteiger partial charge in [0.2, 0.25) is 0 Å². The normalized spacial score (nSPS) is 11.1. The molecule has 0 aliphatic heterocycles. The van der Waals surface area contributed by atoms with Crippen molar-refractivity contribution in [1.29, 1.82) is 0 Å². The Labute approximate surface area is 165 Å². The van der Waals surface area contributed by atoms with E-state index < -0.39 is 10.0 Å². The summed E-state index contributed by atoms with van der Waals surface area (Å²) in [4.78, 5) is 4.38. The van der Waals surface area contributed by atoms with Crippen molar-refractivity contribution >= 4 is 27.2 Å². The van der Waals surface area contributed by atoms with Gasteiger partial charge in [-0.3, -0.25) is 4.72 Å². The number of ether oxygens (including phenoxy) is 1. The van der Waals surface area contributed by atoms with Crippen LogP contribution >= 0.6 is 0 Å². The van der Waals surface area contributed by atoms with Crippen LogP contribution in [-0.2, 0) is 10.0 Å². The first-order valence-electron chi connectivity index (χ1n) is 8.77. The van der Waals surface area contributed by atoms with E-state index in [1.54, 1.807) is 44.5 Å². The minimum Gasteiger partial charge on any atom is -0.496 e. The molecule has 2 aromatic carbocycles. The van der Waals surface area contributed by atoms with Crippen LogP contribution in [0.25, 0.3) is 0 Å². The number of aromatic nitrogens is 1. The Kier molecular flexibility index (Phi) is 5.56. The Morgan fingerprint density at radius 2 is 1.64 bits per heavy atom. The van der Waals surface area contributed by atoms with Crippen LogP contribution < -0.4 is 14.8 Å². The van der Waals surface area contributed by atoms with E-state index in [-0.39, 0.29) is 10.7 Å². The lowest BCUT2D eigenvalue weighted by atomic mass is 10.1. The third-order valence-corrected chi connectivity index (χ3v) is 5.78. The fourth-order valence-corrected chi connectivity index (χ4v) is 3.99. The molecule has 0 saturated carbocycles. The molecule has 0 bridgehead atoms. The average molecular weight is 398 g/mol. The smallest absolute Gasteiger partial charge is 0.263 e. The van der Waals surface area contributed by atoms with Crippen LogP contribution in [-0.4, -0.2) is 20.5 Å². The number of para-hydroxylation sites is 1. The van der Waals surface area contributed by atoms with Gasteiger partial charge in [0.25, 0.3) is 10.0 Å².